The zero-order valence-corrected chi connectivity index (χ0v) is 13.4. The molecule has 1 aliphatic heterocycles. The highest BCUT2D eigenvalue weighted by Crippen LogP contribution is 2.20. The minimum absolute atomic E-state index is 0.514. The summed E-state index contributed by atoms with van der Waals surface area (Å²) in [6.45, 7) is 5.87. The van der Waals surface area contributed by atoms with Gasteiger partial charge in [0, 0.05) is 45.3 Å². The van der Waals surface area contributed by atoms with Crippen LogP contribution in [0.15, 0.2) is 24.3 Å². The maximum Gasteiger partial charge on any atom is 0.279 e. The molecule has 1 aliphatic rings. The van der Waals surface area contributed by atoms with Crippen molar-refractivity contribution in [2.24, 2.45) is 0 Å². The van der Waals surface area contributed by atoms with E-state index in [1.165, 1.54) is 11.4 Å². The predicted molar refractivity (Wildman–Crippen MR) is 82.4 cm³/mol. The summed E-state index contributed by atoms with van der Waals surface area (Å²) in [5.74, 6) is 0.908. The molecule has 2 rings (SSSR count). The summed E-state index contributed by atoms with van der Waals surface area (Å²) in [6, 6.07) is 7.99. The van der Waals surface area contributed by atoms with Gasteiger partial charge in [0.15, 0.2) is 0 Å². The smallest absolute Gasteiger partial charge is 0.279 e. The molecule has 1 saturated heterocycles. The van der Waals surface area contributed by atoms with Crippen LogP contribution in [0.4, 0.5) is 0 Å². The first-order chi connectivity index (χ1) is 10.1. The Kier molecular flexibility index (Phi) is 5.58. The van der Waals surface area contributed by atoms with Crippen LogP contribution >= 0.6 is 0 Å². The van der Waals surface area contributed by atoms with Crippen LogP contribution in [-0.2, 0) is 16.8 Å². The number of hydrogen-bond acceptors (Lipinski definition) is 4. The summed E-state index contributed by atoms with van der Waals surface area (Å²) >= 11 is 0. The lowest BCUT2D eigenvalue weighted by Crippen LogP contribution is -2.51. The Morgan fingerprint density at radius 1 is 1.19 bits per heavy atom. The van der Waals surface area contributed by atoms with Crippen LogP contribution in [0.1, 0.15) is 12.5 Å². The summed E-state index contributed by atoms with van der Waals surface area (Å²) in [7, 11) is -1.86. The molecule has 1 heterocycles. The largest absolute Gasteiger partial charge is 0.494 e. The highest BCUT2D eigenvalue weighted by molar-refractivity contribution is 7.87. The Labute approximate surface area is 126 Å². The molecule has 6 nitrogen and oxygen atoms in total. The molecule has 21 heavy (non-hydrogen) atoms. The summed E-state index contributed by atoms with van der Waals surface area (Å²) in [5, 5.41) is 0. The number of piperazine rings is 1. The molecule has 7 heteroatoms. The lowest BCUT2D eigenvalue weighted by atomic mass is 10.2. The Balaban J connectivity index is 1.95. The van der Waals surface area contributed by atoms with Crippen molar-refractivity contribution in [2.75, 3.05) is 39.8 Å². The van der Waals surface area contributed by atoms with Crippen LogP contribution in [0.2, 0.25) is 0 Å². The van der Waals surface area contributed by atoms with E-state index in [2.05, 4.69) is 15.7 Å². The number of benzene rings is 1. The third-order valence-corrected chi connectivity index (χ3v) is 5.16. The minimum Gasteiger partial charge on any atom is -0.494 e. The van der Waals surface area contributed by atoms with Gasteiger partial charge >= 0.3 is 0 Å². The molecule has 1 aromatic carbocycles. The molecule has 0 radical (unpaired) electrons. The maximum absolute atomic E-state index is 11.7. The predicted octanol–water partition coefficient (Wildman–Crippen LogP) is 0.667. The van der Waals surface area contributed by atoms with E-state index < -0.39 is 10.2 Å². The lowest BCUT2D eigenvalue weighted by Gasteiger charge is -2.33. The quantitative estimate of drug-likeness (QED) is 0.838. The monoisotopic (exact) mass is 313 g/mol. The summed E-state index contributed by atoms with van der Waals surface area (Å²) in [4.78, 5) is 2.25. The van der Waals surface area contributed by atoms with E-state index in [1.54, 1.807) is 0 Å². The van der Waals surface area contributed by atoms with Gasteiger partial charge in [-0.25, -0.2) is 4.72 Å². The van der Waals surface area contributed by atoms with Crippen molar-refractivity contribution in [1.29, 1.82) is 0 Å². The number of ether oxygens (including phenoxy) is 1. The van der Waals surface area contributed by atoms with Crippen LogP contribution in [0, 0.1) is 0 Å². The fraction of sp³-hybridized carbons (Fsp3) is 0.571. The van der Waals surface area contributed by atoms with Crippen molar-refractivity contribution >= 4 is 10.2 Å². The van der Waals surface area contributed by atoms with Crippen molar-refractivity contribution in [3.63, 3.8) is 0 Å². The molecule has 0 unspecified atom stereocenters. The second-order valence-electron chi connectivity index (χ2n) is 4.93. The van der Waals surface area contributed by atoms with Gasteiger partial charge in [-0.3, -0.25) is 4.90 Å². The summed E-state index contributed by atoms with van der Waals surface area (Å²) in [6.07, 6.45) is 0. The second kappa shape index (κ2) is 7.22. The highest BCUT2D eigenvalue weighted by atomic mass is 32.2. The first-order valence-electron chi connectivity index (χ1n) is 7.18. The van der Waals surface area contributed by atoms with Gasteiger partial charge < -0.3 is 4.74 Å². The van der Waals surface area contributed by atoms with E-state index in [4.69, 9.17) is 4.74 Å². The van der Waals surface area contributed by atoms with Gasteiger partial charge in [-0.2, -0.15) is 12.7 Å². The number of para-hydroxylation sites is 1. The maximum atomic E-state index is 11.7. The highest BCUT2D eigenvalue weighted by Gasteiger charge is 2.25. The topological polar surface area (TPSA) is 61.9 Å². The van der Waals surface area contributed by atoms with E-state index in [1.807, 2.05) is 25.1 Å². The average molecular weight is 313 g/mol. The SMILES string of the molecule is CCOc1ccccc1CN1CCN(S(=O)(=O)NC)CC1. The number of nitrogens with zero attached hydrogens (tertiary/aromatic N) is 2. The van der Waals surface area contributed by atoms with E-state index in [0.29, 0.717) is 19.7 Å². The molecule has 0 saturated carbocycles. The molecule has 0 aliphatic carbocycles. The number of hydrogen-bond donors (Lipinski definition) is 1. The van der Waals surface area contributed by atoms with Gasteiger partial charge in [0.2, 0.25) is 0 Å². The van der Waals surface area contributed by atoms with E-state index in [-0.39, 0.29) is 0 Å². The number of rotatable bonds is 6. The zero-order chi connectivity index (χ0) is 15.3. The van der Waals surface area contributed by atoms with Crippen molar-refractivity contribution < 1.29 is 13.2 Å². The minimum atomic E-state index is -3.30. The molecule has 0 bridgehead atoms. The fourth-order valence-electron chi connectivity index (χ4n) is 2.43. The van der Waals surface area contributed by atoms with Crippen molar-refractivity contribution in [2.45, 2.75) is 13.5 Å². The molecular weight excluding hydrogens is 290 g/mol. The van der Waals surface area contributed by atoms with Gasteiger partial charge in [-0.1, -0.05) is 18.2 Å². The van der Waals surface area contributed by atoms with Gasteiger partial charge in [-0.15, -0.1) is 0 Å². The summed E-state index contributed by atoms with van der Waals surface area (Å²) in [5.41, 5.74) is 1.14. The van der Waals surface area contributed by atoms with E-state index in [0.717, 1.165) is 30.9 Å². The first-order valence-corrected chi connectivity index (χ1v) is 8.62. The van der Waals surface area contributed by atoms with Gasteiger partial charge in [0.1, 0.15) is 5.75 Å². The van der Waals surface area contributed by atoms with Crippen LogP contribution < -0.4 is 9.46 Å². The van der Waals surface area contributed by atoms with Gasteiger partial charge in [0.25, 0.3) is 10.2 Å². The Hall–Kier alpha value is -1.15. The molecule has 1 aromatic rings. The van der Waals surface area contributed by atoms with Crippen molar-refractivity contribution in [1.82, 2.24) is 13.9 Å². The Morgan fingerprint density at radius 2 is 1.86 bits per heavy atom. The lowest BCUT2D eigenvalue weighted by molar-refractivity contribution is 0.178. The standard InChI is InChI=1S/C14H23N3O3S/c1-3-20-14-7-5-4-6-13(14)12-16-8-10-17(11-9-16)21(18,19)15-2/h4-7,15H,3,8-12H2,1-2H3. The van der Waals surface area contributed by atoms with Crippen molar-refractivity contribution in [3.05, 3.63) is 29.8 Å². The third kappa shape index (κ3) is 4.16. The molecule has 1 N–H and O–H groups in total. The molecule has 118 valence electrons. The third-order valence-electron chi connectivity index (χ3n) is 3.60. The normalized spacial score (nSPS) is 17.8. The molecule has 0 amide bonds. The van der Waals surface area contributed by atoms with Crippen molar-refractivity contribution in [3.8, 4) is 5.75 Å². The zero-order valence-electron chi connectivity index (χ0n) is 12.6. The molecule has 0 aromatic heterocycles. The van der Waals surface area contributed by atoms with Gasteiger partial charge in [0.05, 0.1) is 6.61 Å². The summed E-state index contributed by atoms with van der Waals surface area (Å²) < 4.78 is 32.9. The second-order valence-corrected chi connectivity index (χ2v) is 6.80. The number of nitrogens with one attached hydrogen (secondary N) is 1. The first kappa shape index (κ1) is 16.2. The average Bonchev–Trinajstić information content (AvgIpc) is 2.50. The molecule has 0 atom stereocenters. The van der Waals surface area contributed by atoms with Crippen LogP contribution in [0.3, 0.4) is 0 Å². The molecule has 1 fully saturated rings. The molecular formula is C14H23N3O3S. The molecule has 0 spiro atoms. The van der Waals surface area contributed by atoms with Gasteiger partial charge in [-0.05, 0) is 13.0 Å². The Bertz CT molecular complexity index is 554. The Morgan fingerprint density at radius 3 is 2.48 bits per heavy atom. The fourth-order valence-corrected chi connectivity index (χ4v) is 3.33. The van der Waals surface area contributed by atoms with Crippen LogP contribution in [0.25, 0.3) is 0 Å². The van der Waals surface area contributed by atoms with Crippen LogP contribution in [-0.4, -0.2) is 57.5 Å². The van der Waals surface area contributed by atoms with E-state index >= 15 is 0 Å². The van der Waals surface area contributed by atoms with Crippen LogP contribution in [0.5, 0.6) is 5.75 Å². The van der Waals surface area contributed by atoms with E-state index in [9.17, 15) is 8.42 Å².